The zero-order chi connectivity index (χ0) is 11.1. The number of nitrogens with zero attached hydrogens (tertiary/aromatic N) is 4. The lowest BCUT2D eigenvalue weighted by molar-refractivity contribution is 0.0949. The Morgan fingerprint density at radius 3 is 3.13 bits per heavy atom. The number of carbonyl (C=O) groups is 1. The molecule has 15 heavy (non-hydrogen) atoms. The Balaban J connectivity index is 2.50. The molecule has 1 aromatic rings. The molecular weight excluding hydrogens is 194 g/mol. The highest BCUT2D eigenvalue weighted by atomic mass is 16.1. The van der Waals surface area contributed by atoms with Gasteiger partial charge in [-0.05, 0) is 24.6 Å². The average molecular weight is 205 g/mol. The van der Waals surface area contributed by atoms with E-state index < -0.39 is 0 Å². The van der Waals surface area contributed by atoms with E-state index in [1.807, 2.05) is 13.0 Å². The lowest BCUT2D eigenvalue weighted by Gasteiger charge is -2.02. The highest BCUT2D eigenvalue weighted by Gasteiger charge is 2.04. The first-order valence-corrected chi connectivity index (χ1v) is 4.47. The molecule has 1 N–H and O–H groups in total. The van der Waals surface area contributed by atoms with Crippen molar-refractivity contribution in [2.45, 2.75) is 6.92 Å². The van der Waals surface area contributed by atoms with Crippen LogP contribution in [0, 0.1) is 6.92 Å². The van der Waals surface area contributed by atoms with Gasteiger partial charge in [-0.25, -0.2) is 4.98 Å². The molecule has 1 amide bonds. The van der Waals surface area contributed by atoms with E-state index in [0.29, 0.717) is 12.2 Å². The number of rotatable bonds is 4. The van der Waals surface area contributed by atoms with Gasteiger partial charge in [0.1, 0.15) is 5.69 Å². The van der Waals surface area contributed by atoms with Crippen LogP contribution in [0.15, 0.2) is 23.3 Å². The summed E-state index contributed by atoms with van der Waals surface area (Å²) >= 11 is 0. The largest absolute Gasteiger partial charge is 0.351 e. The van der Waals surface area contributed by atoms with Gasteiger partial charge in [-0.1, -0.05) is 11.2 Å². The Labute approximate surface area is 87.0 Å². The van der Waals surface area contributed by atoms with Gasteiger partial charge in [0.2, 0.25) is 0 Å². The van der Waals surface area contributed by atoms with Gasteiger partial charge in [-0.15, -0.1) is 0 Å². The third-order valence-corrected chi connectivity index (χ3v) is 1.68. The highest BCUT2D eigenvalue weighted by molar-refractivity contribution is 5.92. The van der Waals surface area contributed by atoms with Crippen molar-refractivity contribution in [3.05, 3.63) is 40.0 Å². The molecule has 0 aromatic carbocycles. The van der Waals surface area contributed by atoms with Gasteiger partial charge < -0.3 is 5.32 Å². The monoisotopic (exact) mass is 205 g/mol. The van der Waals surface area contributed by atoms with E-state index in [9.17, 15) is 4.79 Å². The molecule has 0 bridgehead atoms. The fraction of sp³-hybridized carbons (Fsp3) is 0.333. The summed E-state index contributed by atoms with van der Waals surface area (Å²) in [7, 11) is 0. The van der Waals surface area contributed by atoms with Gasteiger partial charge in [0.05, 0.1) is 0 Å². The normalized spacial score (nSPS) is 9.13. The second-order valence-electron chi connectivity index (χ2n) is 2.87. The van der Waals surface area contributed by atoms with E-state index in [0.717, 1.165) is 5.69 Å². The van der Waals surface area contributed by atoms with Gasteiger partial charge in [0, 0.05) is 23.7 Å². The van der Waals surface area contributed by atoms with Crippen molar-refractivity contribution in [3.63, 3.8) is 0 Å². The summed E-state index contributed by atoms with van der Waals surface area (Å²) in [4.78, 5) is 18.1. The lowest BCUT2D eigenvalue weighted by Crippen LogP contribution is -2.26. The number of carbonyl (C=O) groups excluding carboxylic acids is 1. The van der Waals surface area contributed by atoms with Crippen molar-refractivity contribution in [2.75, 3.05) is 13.1 Å². The summed E-state index contributed by atoms with van der Waals surface area (Å²) in [6.07, 6.45) is 0. The Bertz CT molecular complexity index is 397. The molecule has 0 aliphatic carbocycles. The molecule has 0 fully saturated rings. The smallest absolute Gasteiger partial charge is 0.269 e. The second kappa shape index (κ2) is 5.62. The zero-order valence-electron chi connectivity index (χ0n) is 8.34. The lowest BCUT2D eigenvalue weighted by atomic mass is 10.3. The molecule has 0 aliphatic rings. The van der Waals surface area contributed by atoms with Crippen molar-refractivity contribution >= 4 is 5.91 Å². The molecule has 0 atom stereocenters. The maximum atomic E-state index is 11.5. The molecule has 1 aromatic heterocycles. The molecule has 6 nitrogen and oxygen atoms in total. The predicted molar refractivity (Wildman–Crippen MR) is 55.3 cm³/mol. The van der Waals surface area contributed by atoms with Crippen LogP contribution in [0.3, 0.4) is 0 Å². The van der Waals surface area contributed by atoms with E-state index in [1.54, 1.807) is 12.1 Å². The number of nitrogens with one attached hydrogen (secondary N) is 1. The molecule has 0 saturated carbocycles. The minimum Gasteiger partial charge on any atom is -0.351 e. The van der Waals surface area contributed by atoms with E-state index in [4.69, 9.17) is 5.53 Å². The fourth-order valence-corrected chi connectivity index (χ4v) is 1.02. The summed E-state index contributed by atoms with van der Waals surface area (Å²) in [5.41, 5.74) is 9.18. The van der Waals surface area contributed by atoms with Crippen LogP contribution in [0.25, 0.3) is 10.4 Å². The number of pyridine rings is 1. The van der Waals surface area contributed by atoms with Crippen LogP contribution in [0.2, 0.25) is 0 Å². The van der Waals surface area contributed by atoms with Crippen molar-refractivity contribution in [1.29, 1.82) is 0 Å². The van der Waals surface area contributed by atoms with E-state index in [2.05, 4.69) is 20.3 Å². The first kappa shape index (κ1) is 11.0. The first-order chi connectivity index (χ1) is 7.24. The standard InChI is InChI=1S/C9H11N5O/c1-7-3-2-4-8(13-7)9(15)11-5-6-12-14-10/h2-4H,5-6H2,1H3,(H,11,15). The predicted octanol–water partition coefficient (Wildman–Crippen LogP) is 1.43. The van der Waals surface area contributed by atoms with Gasteiger partial charge in [-0.2, -0.15) is 0 Å². The topological polar surface area (TPSA) is 90.8 Å². The summed E-state index contributed by atoms with van der Waals surface area (Å²) < 4.78 is 0. The van der Waals surface area contributed by atoms with Crippen LogP contribution < -0.4 is 5.32 Å². The molecule has 0 spiro atoms. The maximum absolute atomic E-state index is 11.5. The summed E-state index contributed by atoms with van der Waals surface area (Å²) in [5, 5.41) is 5.90. The van der Waals surface area contributed by atoms with Crippen LogP contribution in [-0.4, -0.2) is 24.0 Å². The molecule has 0 saturated heterocycles. The number of aromatic nitrogens is 1. The minimum absolute atomic E-state index is 0.244. The zero-order valence-corrected chi connectivity index (χ0v) is 8.34. The van der Waals surface area contributed by atoms with Crippen LogP contribution in [0.5, 0.6) is 0 Å². The van der Waals surface area contributed by atoms with E-state index >= 15 is 0 Å². The average Bonchev–Trinajstić information content (AvgIpc) is 2.24. The molecule has 0 aliphatic heterocycles. The third kappa shape index (κ3) is 3.66. The number of hydrogen-bond donors (Lipinski definition) is 1. The highest BCUT2D eigenvalue weighted by Crippen LogP contribution is 1.97. The van der Waals surface area contributed by atoms with E-state index in [-0.39, 0.29) is 12.5 Å². The Kier molecular flexibility index (Phi) is 4.12. The Morgan fingerprint density at radius 2 is 2.47 bits per heavy atom. The molecule has 1 rings (SSSR count). The maximum Gasteiger partial charge on any atom is 0.269 e. The summed E-state index contributed by atoms with van der Waals surface area (Å²) in [6, 6.07) is 5.22. The minimum atomic E-state index is -0.258. The molecule has 78 valence electrons. The molecule has 0 unspecified atom stereocenters. The van der Waals surface area contributed by atoms with E-state index in [1.165, 1.54) is 0 Å². The quantitative estimate of drug-likeness (QED) is 0.348. The van der Waals surface area contributed by atoms with Crippen molar-refractivity contribution in [1.82, 2.24) is 10.3 Å². The number of amides is 1. The van der Waals surface area contributed by atoms with Crippen LogP contribution in [0.4, 0.5) is 0 Å². The van der Waals surface area contributed by atoms with Gasteiger partial charge >= 0.3 is 0 Å². The second-order valence-corrected chi connectivity index (χ2v) is 2.87. The van der Waals surface area contributed by atoms with Crippen molar-refractivity contribution in [3.8, 4) is 0 Å². The van der Waals surface area contributed by atoms with Gasteiger partial charge in [0.25, 0.3) is 5.91 Å². The van der Waals surface area contributed by atoms with Gasteiger partial charge in [0.15, 0.2) is 0 Å². The van der Waals surface area contributed by atoms with Crippen molar-refractivity contribution in [2.24, 2.45) is 5.11 Å². The Hall–Kier alpha value is -2.07. The van der Waals surface area contributed by atoms with Gasteiger partial charge in [-0.3, -0.25) is 4.79 Å². The molecule has 0 radical (unpaired) electrons. The molecular formula is C9H11N5O. The van der Waals surface area contributed by atoms with Crippen molar-refractivity contribution < 1.29 is 4.79 Å². The van der Waals surface area contributed by atoms with Crippen LogP contribution in [-0.2, 0) is 0 Å². The summed E-state index contributed by atoms with van der Waals surface area (Å²) in [5.74, 6) is -0.258. The number of azide groups is 1. The third-order valence-electron chi connectivity index (χ3n) is 1.68. The number of aryl methyl sites for hydroxylation is 1. The fourth-order valence-electron chi connectivity index (χ4n) is 1.02. The molecule has 6 heteroatoms. The Morgan fingerprint density at radius 1 is 1.67 bits per heavy atom. The van der Waals surface area contributed by atoms with Crippen LogP contribution >= 0.6 is 0 Å². The summed E-state index contributed by atoms with van der Waals surface area (Å²) in [6.45, 7) is 2.38. The first-order valence-electron chi connectivity index (χ1n) is 4.47. The SMILES string of the molecule is Cc1cccc(C(=O)NCCN=[N+]=[N-])n1. The molecule has 1 heterocycles. The number of hydrogen-bond acceptors (Lipinski definition) is 3. The van der Waals surface area contributed by atoms with Crippen LogP contribution in [0.1, 0.15) is 16.2 Å².